The van der Waals surface area contributed by atoms with Crippen LogP contribution in [-0.4, -0.2) is 48.2 Å². The lowest BCUT2D eigenvalue weighted by molar-refractivity contribution is 0.0526. The van der Waals surface area contributed by atoms with Gasteiger partial charge in [-0.25, -0.2) is 9.78 Å². The number of carbonyl (C=O) groups is 1. The van der Waals surface area contributed by atoms with Crippen LogP contribution in [0.25, 0.3) is 10.9 Å². The molecule has 0 unspecified atom stereocenters. The third-order valence-corrected chi connectivity index (χ3v) is 6.19. The second-order valence-electron chi connectivity index (χ2n) is 8.32. The van der Waals surface area contributed by atoms with Gasteiger partial charge in [0.25, 0.3) is 0 Å². The number of aryl methyl sites for hydroxylation is 2. The minimum atomic E-state index is -0.307. The molecule has 0 spiro atoms. The van der Waals surface area contributed by atoms with E-state index in [4.69, 9.17) is 4.74 Å². The van der Waals surface area contributed by atoms with Gasteiger partial charge in [-0.05, 0) is 69.8 Å². The second-order valence-corrected chi connectivity index (χ2v) is 8.32. The first-order chi connectivity index (χ1) is 15.1. The monoisotopic (exact) mass is 424 g/mol. The summed E-state index contributed by atoms with van der Waals surface area (Å²) in [6.07, 6.45) is 4.85. The first kappa shape index (κ1) is 21.4. The van der Waals surface area contributed by atoms with Gasteiger partial charge in [0, 0.05) is 44.8 Å². The largest absolute Gasteiger partial charge is 0.462 e. The van der Waals surface area contributed by atoms with Crippen molar-refractivity contribution in [3.05, 3.63) is 58.9 Å². The topological polar surface area (TPSA) is 70.2 Å². The molecule has 1 saturated heterocycles. The zero-order valence-electron chi connectivity index (χ0n) is 18.7. The standard InChI is InChI=1S/C25H32N4O2.2H2/c1-4-31-25(30)19-15-17(2)24(27-16-19)29-13-10-20(11-14-29)26-12-9-21-18(3)28-23-8-6-5-7-22(21)23;;/h5-8,15-16,20,26,28H,4,9-14H2,1-3H3;2*1H. The Morgan fingerprint density at radius 2 is 2.06 bits per heavy atom. The lowest BCUT2D eigenvalue weighted by Crippen LogP contribution is -2.43. The molecule has 31 heavy (non-hydrogen) atoms. The summed E-state index contributed by atoms with van der Waals surface area (Å²) in [5, 5.41) is 5.09. The van der Waals surface area contributed by atoms with E-state index < -0.39 is 0 Å². The smallest absolute Gasteiger partial charge is 0.339 e. The minimum absolute atomic E-state index is 0. The van der Waals surface area contributed by atoms with E-state index in [2.05, 4.69) is 51.4 Å². The van der Waals surface area contributed by atoms with Crippen LogP contribution in [-0.2, 0) is 11.2 Å². The van der Waals surface area contributed by atoms with Crippen molar-refractivity contribution in [2.75, 3.05) is 31.1 Å². The SMILES string of the molecule is CCOC(=O)c1cnc(N2CCC(NCCc3c(C)[nH]c4ccccc34)CC2)c(C)c1.[HH].[HH]. The summed E-state index contributed by atoms with van der Waals surface area (Å²) in [7, 11) is 0. The number of hydrogen-bond acceptors (Lipinski definition) is 5. The molecule has 0 radical (unpaired) electrons. The van der Waals surface area contributed by atoms with Crippen LogP contribution in [0.2, 0.25) is 0 Å². The number of nitrogens with one attached hydrogen (secondary N) is 2. The molecule has 3 aromatic rings. The van der Waals surface area contributed by atoms with Crippen LogP contribution in [0, 0.1) is 13.8 Å². The molecule has 1 aliphatic heterocycles. The number of fused-ring (bicyclic) bond motifs is 1. The fourth-order valence-electron chi connectivity index (χ4n) is 4.58. The zero-order chi connectivity index (χ0) is 21.8. The highest BCUT2D eigenvalue weighted by Gasteiger charge is 2.22. The molecule has 1 aliphatic rings. The number of hydrogen-bond donors (Lipinski definition) is 2. The molecule has 6 heteroatoms. The van der Waals surface area contributed by atoms with Gasteiger partial charge in [-0.1, -0.05) is 18.2 Å². The van der Waals surface area contributed by atoms with Crippen molar-refractivity contribution in [2.45, 2.75) is 46.1 Å². The van der Waals surface area contributed by atoms with Gasteiger partial charge in [0.15, 0.2) is 0 Å². The maximum atomic E-state index is 11.9. The van der Waals surface area contributed by atoms with Gasteiger partial charge in [0.2, 0.25) is 0 Å². The van der Waals surface area contributed by atoms with E-state index in [1.807, 2.05) is 19.9 Å². The van der Waals surface area contributed by atoms with Crippen LogP contribution in [0.15, 0.2) is 36.5 Å². The number of anilines is 1. The Labute approximate surface area is 187 Å². The highest BCUT2D eigenvalue weighted by atomic mass is 16.5. The van der Waals surface area contributed by atoms with Crippen molar-refractivity contribution >= 4 is 22.7 Å². The number of nitrogens with zero attached hydrogens (tertiary/aromatic N) is 2. The van der Waals surface area contributed by atoms with Crippen molar-refractivity contribution in [1.82, 2.24) is 15.3 Å². The Morgan fingerprint density at radius 3 is 2.81 bits per heavy atom. The number of carbonyl (C=O) groups excluding carboxylic acids is 1. The molecular weight excluding hydrogens is 388 g/mol. The third-order valence-electron chi connectivity index (χ3n) is 6.19. The van der Waals surface area contributed by atoms with Crippen molar-refractivity contribution in [2.24, 2.45) is 0 Å². The molecule has 0 bridgehead atoms. The number of para-hydroxylation sites is 1. The van der Waals surface area contributed by atoms with Gasteiger partial charge in [0.1, 0.15) is 5.82 Å². The normalized spacial score (nSPS) is 14.9. The molecule has 2 aromatic heterocycles. The molecule has 3 heterocycles. The quantitative estimate of drug-likeness (QED) is 0.540. The average molecular weight is 425 g/mol. The predicted octanol–water partition coefficient (Wildman–Crippen LogP) is 4.65. The van der Waals surface area contributed by atoms with Crippen molar-refractivity contribution in [1.29, 1.82) is 0 Å². The van der Waals surface area contributed by atoms with E-state index in [9.17, 15) is 4.79 Å². The van der Waals surface area contributed by atoms with Crippen molar-refractivity contribution < 1.29 is 12.4 Å². The fourth-order valence-corrected chi connectivity index (χ4v) is 4.58. The molecule has 0 amide bonds. The number of ether oxygens (including phenoxy) is 1. The molecule has 168 valence electrons. The number of pyridine rings is 1. The number of H-pyrrole nitrogens is 1. The number of aromatic nitrogens is 2. The summed E-state index contributed by atoms with van der Waals surface area (Å²) >= 11 is 0. The molecule has 4 rings (SSSR count). The van der Waals surface area contributed by atoms with Crippen LogP contribution in [0.1, 0.15) is 49.8 Å². The van der Waals surface area contributed by atoms with E-state index in [1.165, 1.54) is 22.2 Å². The number of rotatable bonds is 7. The first-order valence-electron chi connectivity index (χ1n) is 11.2. The zero-order valence-corrected chi connectivity index (χ0v) is 18.7. The van der Waals surface area contributed by atoms with Crippen LogP contribution >= 0.6 is 0 Å². The van der Waals surface area contributed by atoms with Crippen LogP contribution in [0.3, 0.4) is 0 Å². The van der Waals surface area contributed by atoms with Gasteiger partial charge >= 0.3 is 5.97 Å². The minimum Gasteiger partial charge on any atom is -0.462 e. The molecule has 0 atom stereocenters. The van der Waals surface area contributed by atoms with Crippen LogP contribution in [0.4, 0.5) is 5.82 Å². The summed E-state index contributed by atoms with van der Waals surface area (Å²) in [6.45, 7) is 9.29. The molecule has 2 N–H and O–H groups in total. The maximum absolute atomic E-state index is 11.9. The van der Waals surface area contributed by atoms with Gasteiger partial charge in [-0.2, -0.15) is 0 Å². The Balaban J connectivity index is 0.00000193. The van der Waals surface area contributed by atoms with Crippen LogP contribution in [0.5, 0.6) is 0 Å². The van der Waals surface area contributed by atoms with Gasteiger partial charge in [0.05, 0.1) is 12.2 Å². The number of benzene rings is 1. The summed E-state index contributed by atoms with van der Waals surface area (Å²) in [5.41, 5.74) is 5.45. The molecule has 0 saturated carbocycles. The highest BCUT2D eigenvalue weighted by Crippen LogP contribution is 2.24. The average Bonchev–Trinajstić information content (AvgIpc) is 3.09. The summed E-state index contributed by atoms with van der Waals surface area (Å²) in [4.78, 5) is 22.3. The number of esters is 1. The van der Waals surface area contributed by atoms with Gasteiger partial charge in [-0.3, -0.25) is 0 Å². The van der Waals surface area contributed by atoms with E-state index >= 15 is 0 Å². The lowest BCUT2D eigenvalue weighted by Gasteiger charge is -2.34. The third kappa shape index (κ3) is 4.74. The first-order valence-corrected chi connectivity index (χ1v) is 11.2. The van der Waals surface area contributed by atoms with E-state index in [0.717, 1.165) is 50.3 Å². The molecule has 0 aliphatic carbocycles. The predicted molar refractivity (Wildman–Crippen MR) is 129 cm³/mol. The maximum Gasteiger partial charge on any atom is 0.339 e. The lowest BCUT2D eigenvalue weighted by atomic mass is 10.0. The second kappa shape index (κ2) is 9.52. The van der Waals surface area contributed by atoms with Crippen molar-refractivity contribution in [3.63, 3.8) is 0 Å². The summed E-state index contributed by atoms with van der Waals surface area (Å²) in [6, 6.07) is 10.9. The summed E-state index contributed by atoms with van der Waals surface area (Å²) < 4.78 is 5.07. The van der Waals surface area contributed by atoms with Crippen LogP contribution < -0.4 is 10.2 Å². The van der Waals surface area contributed by atoms with E-state index in [0.29, 0.717) is 18.2 Å². The number of aromatic amines is 1. The van der Waals surface area contributed by atoms with E-state index in [-0.39, 0.29) is 8.82 Å². The Bertz CT molecular complexity index is 1060. The van der Waals surface area contributed by atoms with Crippen molar-refractivity contribution in [3.8, 4) is 0 Å². The van der Waals surface area contributed by atoms with Gasteiger partial charge in [-0.15, -0.1) is 0 Å². The highest BCUT2D eigenvalue weighted by molar-refractivity contribution is 5.89. The number of piperidine rings is 1. The molecule has 1 fully saturated rings. The molecule has 6 nitrogen and oxygen atoms in total. The Morgan fingerprint density at radius 1 is 1.29 bits per heavy atom. The van der Waals surface area contributed by atoms with Gasteiger partial charge < -0.3 is 19.9 Å². The molecule has 1 aromatic carbocycles. The Hall–Kier alpha value is -2.86. The fraction of sp³-hybridized carbons (Fsp3) is 0.440. The Kier molecular flexibility index (Phi) is 6.56. The van der Waals surface area contributed by atoms with E-state index in [1.54, 1.807) is 6.20 Å². The summed E-state index contributed by atoms with van der Waals surface area (Å²) in [5.74, 6) is 0.666. The molecular formula is C25H36N4O2.